The number of amides is 1. The Kier molecular flexibility index (Phi) is 5.71. The van der Waals surface area contributed by atoms with Gasteiger partial charge in [-0.3, -0.25) is 9.69 Å². The van der Waals surface area contributed by atoms with E-state index < -0.39 is 0 Å². The van der Waals surface area contributed by atoms with Crippen LogP contribution in [0.1, 0.15) is 20.3 Å². The molecule has 1 aliphatic heterocycles. The largest absolute Gasteiger partial charge is 0.354 e. The number of carbonyl (C=O) groups is 1. The van der Waals surface area contributed by atoms with Gasteiger partial charge in [0.2, 0.25) is 5.91 Å². The van der Waals surface area contributed by atoms with Gasteiger partial charge >= 0.3 is 0 Å². The summed E-state index contributed by atoms with van der Waals surface area (Å²) >= 11 is 0. The fraction of sp³-hybridized carbons (Fsp3) is 0.429. The molecule has 1 amide bonds. The Morgan fingerprint density at radius 2 is 1.93 bits per heavy atom. The monoisotopic (exact) mass is 393 g/mol. The van der Waals surface area contributed by atoms with E-state index in [9.17, 15) is 4.79 Å². The number of rotatable bonds is 6. The summed E-state index contributed by atoms with van der Waals surface area (Å²) in [4.78, 5) is 25.6. The second kappa shape index (κ2) is 8.57. The molecule has 3 heterocycles. The summed E-state index contributed by atoms with van der Waals surface area (Å²) in [5.74, 6) is 1.67. The highest BCUT2D eigenvalue weighted by molar-refractivity contribution is 5.78. The van der Waals surface area contributed by atoms with Crippen LogP contribution in [-0.4, -0.2) is 69.2 Å². The summed E-state index contributed by atoms with van der Waals surface area (Å²) in [5.41, 5.74) is 1.94. The zero-order valence-electron chi connectivity index (χ0n) is 17.0. The Hall–Kier alpha value is -3.00. The third kappa shape index (κ3) is 4.37. The normalized spacial score (nSPS) is 16.1. The Balaban J connectivity index is 1.48. The standard InChI is InChI=1S/C21H27N7O/c1-3-16(2)24-19(29)14-26-9-11-27(12-10-26)20-13-18(17-7-5-4-6-8-17)25-21-22-15-23-28(20)21/h4-8,13,15-16H,3,9-12,14H2,1-2H3,(H,24,29). The molecule has 1 saturated heterocycles. The van der Waals surface area contributed by atoms with Crippen LogP contribution >= 0.6 is 0 Å². The van der Waals surface area contributed by atoms with Gasteiger partial charge in [-0.2, -0.15) is 14.6 Å². The highest BCUT2D eigenvalue weighted by Crippen LogP contribution is 2.24. The van der Waals surface area contributed by atoms with E-state index in [2.05, 4.69) is 43.2 Å². The Labute approximate surface area is 170 Å². The average molecular weight is 393 g/mol. The maximum atomic E-state index is 12.2. The Morgan fingerprint density at radius 3 is 2.66 bits per heavy atom. The maximum Gasteiger partial charge on any atom is 0.254 e. The van der Waals surface area contributed by atoms with Crippen LogP contribution in [0.2, 0.25) is 0 Å². The van der Waals surface area contributed by atoms with Gasteiger partial charge < -0.3 is 10.2 Å². The fourth-order valence-corrected chi connectivity index (χ4v) is 3.54. The lowest BCUT2D eigenvalue weighted by Crippen LogP contribution is -2.50. The lowest BCUT2D eigenvalue weighted by atomic mass is 10.1. The molecule has 1 N–H and O–H groups in total. The van der Waals surface area contributed by atoms with E-state index in [0.29, 0.717) is 12.3 Å². The summed E-state index contributed by atoms with van der Waals surface area (Å²) < 4.78 is 1.79. The van der Waals surface area contributed by atoms with Crippen molar-refractivity contribution in [1.82, 2.24) is 29.8 Å². The highest BCUT2D eigenvalue weighted by atomic mass is 16.2. The van der Waals surface area contributed by atoms with Crippen molar-refractivity contribution < 1.29 is 4.79 Å². The zero-order chi connectivity index (χ0) is 20.2. The van der Waals surface area contributed by atoms with Gasteiger partial charge in [0.15, 0.2) is 0 Å². The molecule has 1 atom stereocenters. The molecule has 29 heavy (non-hydrogen) atoms. The van der Waals surface area contributed by atoms with Crippen molar-refractivity contribution in [2.45, 2.75) is 26.3 Å². The van der Waals surface area contributed by atoms with Crippen molar-refractivity contribution >= 4 is 17.5 Å². The molecule has 1 unspecified atom stereocenters. The number of hydrogen-bond donors (Lipinski definition) is 1. The first kappa shape index (κ1) is 19.3. The molecule has 0 aliphatic carbocycles. The number of aromatic nitrogens is 4. The predicted molar refractivity (Wildman–Crippen MR) is 113 cm³/mol. The average Bonchev–Trinajstić information content (AvgIpc) is 3.23. The van der Waals surface area contributed by atoms with E-state index in [1.54, 1.807) is 4.52 Å². The first-order chi connectivity index (χ1) is 14.1. The third-order valence-electron chi connectivity index (χ3n) is 5.39. The van der Waals surface area contributed by atoms with Crippen LogP contribution in [0.4, 0.5) is 5.82 Å². The van der Waals surface area contributed by atoms with E-state index in [-0.39, 0.29) is 11.9 Å². The van der Waals surface area contributed by atoms with Crippen molar-refractivity contribution in [1.29, 1.82) is 0 Å². The molecule has 1 aliphatic rings. The molecular formula is C21H27N7O. The van der Waals surface area contributed by atoms with E-state index in [1.165, 1.54) is 6.33 Å². The van der Waals surface area contributed by atoms with E-state index in [1.807, 2.05) is 37.3 Å². The van der Waals surface area contributed by atoms with E-state index in [4.69, 9.17) is 0 Å². The number of hydrogen-bond acceptors (Lipinski definition) is 6. The summed E-state index contributed by atoms with van der Waals surface area (Å²) in [6, 6.07) is 12.4. The highest BCUT2D eigenvalue weighted by Gasteiger charge is 2.22. The summed E-state index contributed by atoms with van der Waals surface area (Å²) in [6.45, 7) is 7.86. The van der Waals surface area contributed by atoms with Crippen LogP contribution < -0.4 is 10.2 Å². The summed E-state index contributed by atoms with van der Waals surface area (Å²) in [6.07, 6.45) is 2.48. The van der Waals surface area contributed by atoms with Crippen molar-refractivity contribution in [2.75, 3.05) is 37.6 Å². The molecule has 152 valence electrons. The number of piperazine rings is 1. The molecule has 0 bridgehead atoms. The molecule has 8 heteroatoms. The molecule has 0 saturated carbocycles. The van der Waals surface area contributed by atoms with Crippen LogP contribution in [0, 0.1) is 0 Å². The van der Waals surface area contributed by atoms with Crippen molar-refractivity contribution in [2.24, 2.45) is 0 Å². The van der Waals surface area contributed by atoms with Gasteiger partial charge in [-0.25, -0.2) is 4.98 Å². The number of fused-ring (bicyclic) bond motifs is 1. The third-order valence-corrected chi connectivity index (χ3v) is 5.39. The van der Waals surface area contributed by atoms with Gasteiger partial charge in [0.25, 0.3) is 5.78 Å². The molecule has 4 rings (SSSR count). The second-order valence-corrected chi connectivity index (χ2v) is 7.48. The van der Waals surface area contributed by atoms with Crippen LogP contribution in [0.5, 0.6) is 0 Å². The van der Waals surface area contributed by atoms with Crippen molar-refractivity contribution in [3.05, 3.63) is 42.7 Å². The van der Waals surface area contributed by atoms with Crippen LogP contribution in [-0.2, 0) is 4.79 Å². The fourth-order valence-electron chi connectivity index (χ4n) is 3.54. The van der Waals surface area contributed by atoms with E-state index in [0.717, 1.165) is 49.7 Å². The minimum absolute atomic E-state index is 0.0988. The number of benzene rings is 1. The first-order valence-electron chi connectivity index (χ1n) is 10.2. The lowest BCUT2D eigenvalue weighted by Gasteiger charge is -2.35. The van der Waals surface area contributed by atoms with Crippen molar-refractivity contribution in [3.63, 3.8) is 0 Å². The summed E-state index contributed by atoms with van der Waals surface area (Å²) in [7, 11) is 0. The van der Waals surface area contributed by atoms with Crippen molar-refractivity contribution in [3.8, 4) is 11.3 Å². The number of nitrogens with one attached hydrogen (secondary N) is 1. The predicted octanol–water partition coefficient (Wildman–Crippen LogP) is 1.83. The van der Waals surface area contributed by atoms with Gasteiger partial charge in [-0.1, -0.05) is 37.3 Å². The van der Waals surface area contributed by atoms with Gasteiger partial charge in [0.1, 0.15) is 12.1 Å². The molecule has 8 nitrogen and oxygen atoms in total. The van der Waals surface area contributed by atoms with Crippen LogP contribution in [0.25, 0.3) is 17.0 Å². The molecule has 0 spiro atoms. The quantitative estimate of drug-likeness (QED) is 0.688. The first-order valence-corrected chi connectivity index (χ1v) is 10.2. The van der Waals surface area contributed by atoms with Crippen LogP contribution in [0.3, 0.4) is 0 Å². The number of nitrogens with zero attached hydrogens (tertiary/aromatic N) is 6. The van der Waals surface area contributed by atoms with Gasteiger partial charge in [-0.05, 0) is 13.3 Å². The minimum Gasteiger partial charge on any atom is -0.354 e. The van der Waals surface area contributed by atoms with Gasteiger partial charge in [0.05, 0.1) is 12.2 Å². The Morgan fingerprint density at radius 1 is 1.17 bits per heavy atom. The Bertz CT molecular complexity index is 964. The topological polar surface area (TPSA) is 78.7 Å². The van der Waals surface area contributed by atoms with Gasteiger partial charge in [0, 0.05) is 43.9 Å². The maximum absolute atomic E-state index is 12.2. The smallest absolute Gasteiger partial charge is 0.254 e. The molecule has 2 aromatic heterocycles. The minimum atomic E-state index is 0.0988. The molecular weight excluding hydrogens is 366 g/mol. The molecule has 1 fully saturated rings. The second-order valence-electron chi connectivity index (χ2n) is 7.48. The number of carbonyl (C=O) groups excluding carboxylic acids is 1. The van der Waals surface area contributed by atoms with Crippen LogP contribution in [0.15, 0.2) is 42.7 Å². The SMILES string of the molecule is CCC(C)NC(=O)CN1CCN(c2cc(-c3ccccc3)nc3ncnn23)CC1. The summed E-state index contributed by atoms with van der Waals surface area (Å²) in [5, 5.41) is 7.40. The lowest BCUT2D eigenvalue weighted by molar-refractivity contribution is -0.122. The van der Waals surface area contributed by atoms with E-state index >= 15 is 0 Å². The van der Waals surface area contributed by atoms with Gasteiger partial charge in [-0.15, -0.1) is 0 Å². The molecule has 0 radical (unpaired) electrons. The zero-order valence-corrected chi connectivity index (χ0v) is 17.0. The molecule has 3 aromatic rings. The molecule has 1 aromatic carbocycles. The number of anilines is 1.